The van der Waals surface area contributed by atoms with Crippen molar-refractivity contribution >= 4 is 11.3 Å². The Hall–Kier alpha value is -3.86. The van der Waals surface area contributed by atoms with Crippen molar-refractivity contribution in [2.24, 2.45) is 5.92 Å². The standard InChI is InChI=1S/C38H43NO3/c1-5-7-13-29(6-2)35-20-16-32-26-34(42-27-28-11-9-8-10-12-28)19-21-36(32)37(35)30-14-17-33(18-15-30)39-24-22-31(23-25-39)38(40-3)41-4/h5-15,17-19,21,26,31,38H,1,16,20,22-25,27H2,2-4H3/b13-7-,29-6+. The molecule has 5 rings (SSSR count). The monoisotopic (exact) mass is 561 g/mol. The largest absolute Gasteiger partial charge is 0.489 e. The van der Waals surface area contributed by atoms with E-state index in [2.05, 4.69) is 97.3 Å². The smallest absolute Gasteiger partial charge is 0.159 e. The first-order chi connectivity index (χ1) is 20.6. The summed E-state index contributed by atoms with van der Waals surface area (Å²) >= 11 is 0. The Morgan fingerprint density at radius 2 is 1.69 bits per heavy atom. The van der Waals surface area contributed by atoms with Gasteiger partial charge in [0.2, 0.25) is 0 Å². The molecule has 0 aromatic heterocycles. The van der Waals surface area contributed by atoms with Crippen molar-refractivity contribution in [3.05, 3.63) is 137 Å². The topological polar surface area (TPSA) is 30.9 Å². The van der Waals surface area contributed by atoms with Gasteiger partial charge in [-0.15, -0.1) is 0 Å². The zero-order chi connectivity index (χ0) is 29.3. The molecule has 2 aliphatic rings. The van der Waals surface area contributed by atoms with E-state index in [9.17, 15) is 0 Å². The number of fused-ring (bicyclic) bond motifs is 1. The van der Waals surface area contributed by atoms with E-state index in [0.717, 1.165) is 44.5 Å². The number of ether oxygens (including phenoxy) is 3. The lowest BCUT2D eigenvalue weighted by Gasteiger charge is -2.36. The minimum atomic E-state index is -0.119. The van der Waals surface area contributed by atoms with Crippen molar-refractivity contribution < 1.29 is 14.2 Å². The molecule has 4 nitrogen and oxygen atoms in total. The Bertz CT molecular complexity index is 1420. The molecule has 1 saturated heterocycles. The molecule has 0 atom stereocenters. The predicted molar refractivity (Wildman–Crippen MR) is 174 cm³/mol. The molecule has 0 radical (unpaired) electrons. The van der Waals surface area contributed by atoms with E-state index in [-0.39, 0.29) is 6.29 Å². The highest BCUT2D eigenvalue weighted by Gasteiger charge is 2.27. The van der Waals surface area contributed by atoms with Gasteiger partial charge in [0.25, 0.3) is 0 Å². The molecule has 1 heterocycles. The number of rotatable bonds is 11. The van der Waals surface area contributed by atoms with Crippen molar-refractivity contribution in [1.82, 2.24) is 0 Å². The molecular formula is C38H43NO3. The summed E-state index contributed by atoms with van der Waals surface area (Å²) in [4.78, 5) is 2.48. The summed E-state index contributed by atoms with van der Waals surface area (Å²) in [7, 11) is 3.47. The number of methoxy groups -OCH3 is 2. The fourth-order valence-corrected chi connectivity index (χ4v) is 6.31. The highest BCUT2D eigenvalue weighted by atomic mass is 16.7. The first-order valence-corrected chi connectivity index (χ1v) is 15.0. The van der Waals surface area contributed by atoms with Gasteiger partial charge in [-0.25, -0.2) is 0 Å². The molecule has 0 spiro atoms. The van der Waals surface area contributed by atoms with Crippen LogP contribution in [0.2, 0.25) is 0 Å². The fourth-order valence-electron chi connectivity index (χ4n) is 6.31. The lowest BCUT2D eigenvalue weighted by atomic mass is 9.79. The van der Waals surface area contributed by atoms with Gasteiger partial charge in [0.15, 0.2) is 6.29 Å². The first-order valence-electron chi connectivity index (χ1n) is 15.0. The lowest BCUT2D eigenvalue weighted by molar-refractivity contribution is -0.141. The van der Waals surface area contributed by atoms with Crippen LogP contribution in [0.15, 0.2) is 115 Å². The van der Waals surface area contributed by atoms with Crippen LogP contribution in [0.4, 0.5) is 5.69 Å². The van der Waals surface area contributed by atoms with Gasteiger partial charge in [0.05, 0.1) is 0 Å². The number of hydrogen-bond acceptors (Lipinski definition) is 4. The molecule has 3 aromatic rings. The summed E-state index contributed by atoms with van der Waals surface area (Å²) in [6.07, 6.45) is 12.2. The van der Waals surface area contributed by atoms with Crippen LogP contribution in [0.1, 0.15) is 48.4 Å². The molecule has 1 aliphatic carbocycles. The van der Waals surface area contributed by atoms with Gasteiger partial charge in [-0.2, -0.15) is 0 Å². The Morgan fingerprint density at radius 3 is 2.36 bits per heavy atom. The first kappa shape index (κ1) is 29.6. The summed E-state index contributed by atoms with van der Waals surface area (Å²) < 4.78 is 17.3. The van der Waals surface area contributed by atoms with Crippen LogP contribution in [-0.4, -0.2) is 33.6 Å². The summed E-state index contributed by atoms with van der Waals surface area (Å²) in [6, 6.07) is 26.1. The molecule has 1 aliphatic heterocycles. The Balaban J connectivity index is 1.42. The molecule has 0 N–H and O–H groups in total. The predicted octanol–water partition coefficient (Wildman–Crippen LogP) is 8.54. The van der Waals surface area contributed by atoms with E-state index in [0.29, 0.717) is 12.5 Å². The second kappa shape index (κ2) is 14.4. The number of aryl methyl sites for hydroxylation is 1. The molecule has 3 aromatic carbocycles. The minimum Gasteiger partial charge on any atom is -0.489 e. The summed E-state index contributed by atoms with van der Waals surface area (Å²) in [5.74, 6) is 1.35. The maximum Gasteiger partial charge on any atom is 0.159 e. The Morgan fingerprint density at radius 1 is 0.952 bits per heavy atom. The maximum absolute atomic E-state index is 6.20. The third-order valence-electron chi connectivity index (χ3n) is 8.52. The average Bonchev–Trinajstić information content (AvgIpc) is 3.05. The number of hydrogen-bond donors (Lipinski definition) is 0. The molecule has 4 heteroatoms. The van der Waals surface area contributed by atoms with Crippen LogP contribution in [0.3, 0.4) is 0 Å². The molecule has 42 heavy (non-hydrogen) atoms. The van der Waals surface area contributed by atoms with Crippen LogP contribution in [0.5, 0.6) is 5.75 Å². The van der Waals surface area contributed by atoms with E-state index in [4.69, 9.17) is 14.2 Å². The second-order valence-corrected chi connectivity index (χ2v) is 11.0. The summed E-state index contributed by atoms with van der Waals surface area (Å²) in [5.41, 5.74) is 10.2. The average molecular weight is 562 g/mol. The van der Waals surface area contributed by atoms with Gasteiger partial charge in [-0.05, 0) is 95.8 Å². The van der Waals surface area contributed by atoms with Gasteiger partial charge >= 0.3 is 0 Å². The van der Waals surface area contributed by atoms with E-state index in [1.807, 2.05) is 18.2 Å². The Kier molecular flexibility index (Phi) is 10.1. The van der Waals surface area contributed by atoms with Gasteiger partial charge < -0.3 is 19.1 Å². The number of anilines is 1. The zero-order valence-corrected chi connectivity index (χ0v) is 25.2. The van der Waals surface area contributed by atoms with Crippen LogP contribution in [0, 0.1) is 5.92 Å². The van der Waals surface area contributed by atoms with Crippen LogP contribution >= 0.6 is 0 Å². The van der Waals surface area contributed by atoms with Crippen molar-refractivity contribution in [2.45, 2.75) is 45.5 Å². The number of piperidine rings is 1. The summed E-state index contributed by atoms with van der Waals surface area (Å²) in [6.45, 7) is 8.59. The van der Waals surface area contributed by atoms with Crippen molar-refractivity contribution in [3.8, 4) is 5.75 Å². The molecule has 1 fully saturated rings. The van der Waals surface area contributed by atoms with E-state index >= 15 is 0 Å². The quantitative estimate of drug-likeness (QED) is 0.173. The van der Waals surface area contributed by atoms with Crippen molar-refractivity contribution in [3.63, 3.8) is 0 Å². The fraction of sp³-hybridized carbons (Fsp3) is 0.316. The molecule has 218 valence electrons. The van der Waals surface area contributed by atoms with Gasteiger partial charge in [-0.3, -0.25) is 0 Å². The minimum absolute atomic E-state index is 0.119. The number of nitrogens with zero attached hydrogens (tertiary/aromatic N) is 1. The third kappa shape index (κ3) is 6.78. The Labute approximate surface area is 251 Å². The highest BCUT2D eigenvalue weighted by molar-refractivity contribution is 5.88. The van der Waals surface area contributed by atoms with E-state index < -0.39 is 0 Å². The maximum atomic E-state index is 6.20. The SMILES string of the molecule is C=C/C=C\C(=C/C)C1=C(c2ccc(N3CCC(C(OC)OC)CC3)cc2)c2ccc(OCc3ccccc3)cc2CC1. The van der Waals surface area contributed by atoms with Gasteiger partial charge in [-0.1, -0.05) is 79.4 Å². The molecular weight excluding hydrogens is 518 g/mol. The highest BCUT2D eigenvalue weighted by Crippen LogP contribution is 2.41. The molecule has 0 amide bonds. The van der Waals surface area contributed by atoms with E-state index in [1.54, 1.807) is 14.2 Å². The number of allylic oxidation sites excluding steroid dienone is 6. The zero-order valence-electron chi connectivity index (χ0n) is 25.2. The summed E-state index contributed by atoms with van der Waals surface area (Å²) in [5, 5.41) is 0. The molecule has 0 unspecified atom stereocenters. The van der Waals surface area contributed by atoms with Crippen molar-refractivity contribution in [1.29, 1.82) is 0 Å². The van der Waals surface area contributed by atoms with Crippen molar-refractivity contribution in [2.75, 3.05) is 32.2 Å². The third-order valence-corrected chi connectivity index (χ3v) is 8.52. The lowest BCUT2D eigenvalue weighted by Crippen LogP contribution is -2.39. The second-order valence-electron chi connectivity index (χ2n) is 11.0. The van der Waals surface area contributed by atoms with E-state index in [1.165, 1.54) is 44.7 Å². The molecule has 0 bridgehead atoms. The van der Waals surface area contributed by atoms with Crippen LogP contribution in [0.25, 0.3) is 5.57 Å². The molecule has 0 saturated carbocycles. The van der Waals surface area contributed by atoms with Crippen LogP contribution < -0.4 is 9.64 Å². The number of benzene rings is 3. The van der Waals surface area contributed by atoms with Crippen LogP contribution in [-0.2, 0) is 22.5 Å². The van der Waals surface area contributed by atoms with Gasteiger partial charge in [0, 0.05) is 38.9 Å². The van der Waals surface area contributed by atoms with Gasteiger partial charge in [0.1, 0.15) is 12.4 Å². The normalized spacial score (nSPS) is 16.3.